The van der Waals surface area contributed by atoms with Gasteiger partial charge in [-0.05, 0) is 25.0 Å². The molecule has 0 atom stereocenters. The van der Waals surface area contributed by atoms with Crippen LogP contribution >= 0.6 is 0 Å². The minimum atomic E-state index is 0.889. The predicted molar refractivity (Wildman–Crippen MR) is 54.5 cm³/mol. The Kier molecular flexibility index (Phi) is 2.50. The molecule has 2 heteroatoms. The molecule has 1 fully saturated rings. The maximum Gasteiger partial charge on any atom is 0.0997 e. The smallest absolute Gasteiger partial charge is 0.0997 e. The molecule has 1 aromatic rings. The van der Waals surface area contributed by atoms with Gasteiger partial charge in [0, 0.05) is 24.3 Å². The highest BCUT2D eigenvalue weighted by Gasteiger charge is 2.11. The first-order chi connectivity index (χ1) is 6.40. The van der Waals surface area contributed by atoms with Crippen molar-refractivity contribution in [1.82, 2.24) is 0 Å². The van der Waals surface area contributed by atoms with E-state index in [0.29, 0.717) is 0 Å². The molecule has 0 aromatic heterocycles. The summed E-state index contributed by atoms with van der Waals surface area (Å²) in [5.74, 6) is 0. The van der Waals surface area contributed by atoms with Crippen molar-refractivity contribution in [1.29, 1.82) is 0 Å². The summed E-state index contributed by atoms with van der Waals surface area (Å²) >= 11 is 0. The number of rotatable bonds is 2. The first kappa shape index (κ1) is 8.57. The zero-order valence-electron chi connectivity index (χ0n) is 8.00. The van der Waals surface area contributed by atoms with E-state index in [4.69, 9.17) is 0 Å². The Morgan fingerprint density at radius 2 is 1.69 bits per heavy atom. The third-order valence-electron chi connectivity index (χ3n) is 2.70. The standard InChI is InChI=1S/C11H16N2/c12-9-10-3-5-11(6-4-10)13-7-1-2-8-13/h3-6H,1-2,7-9,12H2/p+1. The molecule has 1 aliphatic rings. The second kappa shape index (κ2) is 3.79. The topological polar surface area (TPSA) is 30.9 Å². The van der Waals surface area contributed by atoms with Crippen LogP contribution in [-0.2, 0) is 6.54 Å². The van der Waals surface area contributed by atoms with Crippen molar-refractivity contribution in [3.8, 4) is 0 Å². The van der Waals surface area contributed by atoms with Crippen LogP contribution in [0, 0.1) is 0 Å². The van der Waals surface area contributed by atoms with E-state index < -0.39 is 0 Å². The van der Waals surface area contributed by atoms with Gasteiger partial charge < -0.3 is 10.6 Å². The second-order valence-electron chi connectivity index (χ2n) is 3.61. The zero-order valence-corrected chi connectivity index (χ0v) is 8.00. The van der Waals surface area contributed by atoms with Crippen molar-refractivity contribution < 1.29 is 5.73 Å². The summed E-state index contributed by atoms with van der Waals surface area (Å²) in [6.45, 7) is 3.34. The summed E-state index contributed by atoms with van der Waals surface area (Å²) in [6, 6.07) is 8.79. The van der Waals surface area contributed by atoms with Gasteiger partial charge in [0.15, 0.2) is 0 Å². The van der Waals surface area contributed by atoms with E-state index in [1.54, 1.807) is 0 Å². The van der Waals surface area contributed by atoms with Gasteiger partial charge in [0.1, 0.15) is 0 Å². The molecule has 0 saturated carbocycles. The van der Waals surface area contributed by atoms with Gasteiger partial charge in [0.2, 0.25) is 0 Å². The number of anilines is 1. The fraction of sp³-hybridized carbons (Fsp3) is 0.455. The molecule has 3 N–H and O–H groups in total. The molecule has 13 heavy (non-hydrogen) atoms. The normalized spacial score (nSPS) is 16.5. The molecule has 2 rings (SSSR count). The Balaban J connectivity index is 2.12. The molecule has 1 saturated heterocycles. The van der Waals surface area contributed by atoms with E-state index in [-0.39, 0.29) is 0 Å². The highest BCUT2D eigenvalue weighted by Crippen LogP contribution is 2.19. The lowest BCUT2D eigenvalue weighted by atomic mass is 10.2. The SMILES string of the molecule is [NH3+]Cc1ccc(N2CCCC2)cc1. The number of nitrogens with zero attached hydrogens (tertiary/aromatic N) is 1. The van der Waals surface area contributed by atoms with Gasteiger partial charge in [-0.25, -0.2) is 0 Å². The minimum absolute atomic E-state index is 0.889. The molecular formula is C11H17N2+. The number of hydrogen-bond acceptors (Lipinski definition) is 1. The average molecular weight is 177 g/mol. The Morgan fingerprint density at radius 1 is 1.08 bits per heavy atom. The Bertz CT molecular complexity index is 260. The van der Waals surface area contributed by atoms with E-state index in [0.717, 1.165) is 6.54 Å². The van der Waals surface area contributed by atoms with E-state index in [2.05, 4.69) is 34.9 Å². The van der Waals surface area contributed by atoms with Crippen molar-refractivity contribution in [3.63, 3.8) is 0 Å². The molecule has 0 amide bonds. The van der Waals surface area contributed by atoms with Gasteiger partial charge in [0.05, 0.1) is 6.54 Å². The Morgan fingerprint density at radius 3 is 2.23 bits per heavy atom. The van der Waals surface area contributed by atoms with E-state index in [9.17, 15) is 0 Å². The number of quaternary nitrogens is 1. The van der Waals surface area contributed by atoms with Crippen LogP contribution in [0.3, 0.4) is 0 Å². The largest absolute Gasteiger partial charge is 0.372 e. The maximum atomic E-state index is 3.87. The summed E-state index contributed by atoms with van der Waals surface area (Å²) in [5.41, 5.74) is 6.56. The quantitative estimate of drug-likeness (QED) is 0.718. The zero-order chi connectivity index (χ0) is 9.10. The summed E-state index contributed by atoms with van der Waals surface area (Å²) < 4.78 is 0. The third-order valence-corrected chi connectivity index (χ3v) is 2.70. The Hall–Kier alpha value is -1.02. The van der Waals surface area contributed by atoms with Crippen molar-refractivity contribution in [2.24, 2.45) is 0 Å². The highest BCUT2D eigenvalue weighted by molar-refractivity contribution is 5.48. The van der Waals surface area contributed by atoms with Crippen LogP contribution in [0.5, 0.6) is 0 Å². The molecule has 0 spiro atoms. The van der Waals surface area contributed by atoms with Crippen molar-refractivity contribution in [3.05, 3.63) is 29.8 Å². The monoisotopic (exact) mass is 177 g/mol. The van der Waals surface area contributed by atoms with Crippen LogP contribution in [0.4, 0.5) is 5.69 Å². The maximum absolute atomic E-state index is 3.87. The lowest BCUT2D eigenvalue weighted by molar-refractivity contribution is -0.386. The van der Waals surface area contributed by atoms with Crippen molar-refractivity contribution in [2.75, 3.05) is 18.0 Å². The number of hydrogen-bond donors (Lipinski definition) is 1. The Labute approximate surface area is 79.4 Å². The van der Waals surface area contributed by atoms with Crippen molar-refractivity contribution in [2.45, 2.75) is 19.4 Å². The first-order valence-corrected chi connectivity index (χ1v) is 5.03. The fourth-order valence-electron chi connectivity index (χ4n) is 1.85. The lowest BCUT2D eigenvalue weighted by Gasteiger charge is -2.17. The summed E-state index contributed by atoms with van der Waals surface area (Å²) in [6.07, 6.45) is 2.69. The summed E-state index contributed by atoms with van der Waals surface area (Å²) in [4.78, 5) is 2.45. The molecule has 1 aliphatic heterocycles. The van der Waals surface area contributed by atoms with Crippen molar-refractivity contribution >= 4 is 5.69 Å². The fourth-order valence-corrected chi connectivity index (χ4v) is 1.85. The molecule has 0 radical (unpaired) electrons. The molecule has 0 unspecified atom stereocenters. The van der Waals surface area contributed by atoms with Crippen LogP contribution < -0.4 is 10.6 Å². The lowest BCUT2D eigenvalue weighted by Crippen LogP contribution is -2.47. The first-order valence-electron chi connectivity index (χ1n) is 5.03. The third kappa shape index (κ3) is 1.83. The minimum Gasteiger partial charge on any atom is -0.372 e. The van der Waals surface area contributed by atoms with Crippen LogP contribution in [0.2, 0.25) is 0 Å². The van der Waals surface area contributed by atoms with Gasteiger partial charge in [-0.1, -0.05) is 12.1 Å². The molecule has 70 valence electrons. The molecule has 1 heterocycles. The van der Waals surface area contributed by atoms with Crippen LogP contribution in [0.1, 0.15) is 18.4 Å². The van der Waals surface area contributed by atoms with Gasteiger partial charge in [-0.3, -0.25) is 0 Å². The van der Waals surface area contributed by atoms with Gasteiger partial charge >= 0.3 is 0 Å². The van der Waals surface area contributed by atoms with E-state index in [1.807, 2.05) is 0 Å². The number of benzene rings is 1. The molecule has 1 aromatic carbocycles. The molecule has 0 bridgehead atoms. The van der Waals surface area contributed by atoms with Gasteiger partial charge in [-0.15, -0.1) is 0 Å². The van der Waals surface area contributed by atoms with E-state index in [1.165, 1.54) is 37.2 Å². The molecular weight excluding hydrogens is 160 g/mol. The second-order valence-corrected chi connectivity index (χ2v) is 3.61. The summed E-state index contributed by atoms with van der Waals surface area (Å²) in [5, 5.41) is 0. The van der Waals surface area contributed by atoms with Gasteiger partial charge in [-0.2, -0.15) is 0 Å². The van der Waals surface area contributed by atoms with Crippen LogP contribution in [0.15, 0.2) is 24.3 Å². The predicted octanol–water partition coefficient (Wildman–Crippen LogP) is 1.03. The van der Waals surface area contributed by atoms with E-state index >= 15 is 0 Å². The average Bonchev–Trinajstić information content (AvgIpc) is 2.71. The van der Waals surface area contributed by atoms with Gasteiger partial charge in [0.25, 0.3) is 0 Å². The molecule has 0 aliphatic carbocycles. The highest BCUT2D eigenvalue weighted by atomic mass is 15.1. The van der Waals surface area contributed by atoms with Crippen LogP contribution in [-0.4, -0.2) is 13.1 Å². The molecule has 2 nitrogen and oxygen atoms in total. The summed E-state index contributed by atoms with van der Waals surface area (Å²) in [7, 11) is 0. The van der Waals surface area contributed by atoms with Crippen LogP contribution in [0.25, 0.3) is 0 Å².